The summed E-state index contributed by atoms with van der Waals surface area (Å²) in [6.07, 6.45) is 1.08. The molecule has 0 aromatic heterocycles. The summed E-state index contributed by atoms with van der Waals surface area (Å²) in [6.45, 7) is 6.54. The minimum absolute atomic E-state index is 0.145. The van der Waals surface area contributed by atoms with Crippen molar-refractivity contribution < 1.29 is 4.74 Å². The Morgan fingerprint density at radius 1 is 1.35 bits per heavy atom. The number of anilines is 1. The van der Waals surface area contributed by atoms with E-state index in [4.69, 9.17) is 10.5 Å². The third-order valence-corrected chi connectivity index (χ3v) is 3.65. The van der Waals surface area contributed by atoms with Gasteiger partial charge in [-0.1, -0.05) is 18.2 Å². The Morgan fingerprint density at radius 3 is 2.65 bits per heavy atom. The first kappa shape index (κ1) is 12.4. The first-order valence-corrected chi connectivity index (χ1v) is 6.37. The molecule has 17 heavy (non-hydrogen) atoms. The van der Waals surface area contributed by atoms with Crippen LogP contribution in [0.1, 0.15) is 13.3 Å². The molecule has 0 amide bonds. The highest BCUT2D eigenvalue weighted by atomic mass is 16.5. The van der Waals surface area contributed by atoms with Gasteiger partial charge in [-0.05, 0) is 25.5 Å². The maximum absolute atomic E-state index is 5.94. The predicted molar refractivity (Wildman–Crippen MR) is 71.3 cm³/mol. The fourth-order valence-electron chi connectivity index (χ4n) is 2.43. The third kappa shape index (κ3) is 2.79. The Kier molecular flexibility index (Phi) is 4.02. The predicted octanol–water partition coefficient (Wildman–Crippen LogP) is 1.88. The zero-order chi connectivity index (χ0) is 12.1. The van der Waals surface area contributed by atoms with E-state index in [9.17, 15) is 0 Å². The van der Waals surface area contributed by atoms with Crippen molar-refractivity contribution in [2.24, 2.45) is 11.1 Å². The highest BCUT2D eigenvalue weighted by Gasteiger charge is 2.35. The number of rotatable bonds is 5. The van der Waals surface area contributed by atoms with Crippen molar-refractivity contribution in [2.45, 2.75) is 13.3 Å². The quantitative estimate of drug-likeness (QED) is 0.845. The number of nitrogens with two attached hydrogens (primary N) is 1. The summed E-state index contributed by atoms with van der Waals surface area (Å²) in [5.74, 6) is 0. The van der Waals surface area contributed by atoms with Crippen molar-refractivity contribution in [1.82, 2.24) is 0 Å². The monoisotopic (exact) mass is 234 g/mol. The SMILES string of the molecule is CCN(CC1(CN)CCOC1)c1ccccc1. The van der Waals surface area contributed by atoms with Gasteiger partial charge in [-0.15, -0.1) is 0 Å². The van der Waals surface area contributed by atoms with Crippen molar-refractivity contribution in [3.05, 3.63) is 30.3 Å². The van der Waals surface area contributed by atoms with Crippen LogP contribution >= 0.6 is 0 Å². The van der Waals surface area contributed by atoms with Gasteiger partial charge in [0.2, 0.25) is 0 Å². The molecule has 0 radical (unpaired) electrons. The van der Waals surface area contributed by atoms with Gasteiger partial charge in [-0.25, -0.2) is 0 Å². The molecule has 1 heterocycles. The summed E-state index contributed by atoms with van der Waals surface area (Å²) >= 11 is 0. The minimum atomic E-state index is 0.145. The molecular weight excluding hydrogens is 212 g/mol. The second-order valence-electron chi connectivity index (χ2n) is 4.86. The van der Waals surface area contributed by atoms with E-state index in [0.717, 1.165) is 32.7 Å². The highest BCUT2D eigenvalue weighted by molar-refractivity contribution is 5.46. The molecule has 2 N–H and O–H groups in total. The summed E-state index contributed by atoms with van der Waals surface area (Å²) < 4.78 is 5.53. The first-order valence-electron chi connectivity index (χ1n) is 6.37. The van der Waals surface area contributed by atoms with Crippen LogP contribution in [0.2, 0.25) is 0 Å². The Hall–Kier alpha value is -1.06. The fourth-order valence-corrected chi connectivity index (χ4v) is 2.43. The van der Waals surface area contributed by atoms with Gasteiger partial charge in [-0.3, -0.25) is 0 Å². The van der Waals surface area contributed by atoms with E-state index < -0.39 is 0 Å². The van der Waals surface area contributed by atoms with Crippen LogP contribution in [0.5, 0.6) is 0 Å². The van der Waals surface area contributed by atoms with Crippen molar-refractivity contribution in [3.63, 3.8) is 0 Å². The largest absolute Gasteiger partial charge is 0.381 e. The molecule has 0 spiro atoms. The van der Waals surface area contributed by atoms with Crippen LogP contribution in [0, 0.1) is 5.41 Å². The number of benzene rings is 1. The van der Waals surface area contributed by atoms with Gasteiger partial charge in [-0.2, -0.15) is 0 Å². The lowest BCUT2D eigenvalue weighted by Gasteiger charge is -2.34. The molecule has 3 nitrogen and oxygen atoms in total. The molecule has 1 fully saturated rings. The molecule has 1 unspecified atom stereocenters. The van der Waals surface area contributed by atoms with Gasteiger partial charge in [0.05, 0.1) is 6.61 Å². The van der Waals surface area contributed by atoms with E-state index in [-0.39, 0.29) is 5.41 Å². The third-order valence-electron chi connectivity index (χ3n) is 3.65. The van der Waals surface area contributed by atoms with Crippen molar-refractivity contribution in [2.75, 3.05) is 37.7 Å². The average Bonchev–Trinajstić information content (AvgIpc) is 2.86. The van der Waals surface area contributed by atoms with Crippen LogP contribution in [0.4, 0.5) is 5.69 Å². The Morgan fingerprint density at radius 2 is 2.12 bits per heavy atom. The molecule has 2 rings (SSSR count). The van der Waals surface area contributed by atoms with Crippen LogP contribution in [-0.4, -0.2) is 32.8 Å². The molecule has 1 aromatic carbocycles. The van der Waals surface area contributed by atoms with Crippen LogP contribution in [0.3, 0.4) is 0 Å². The molecule has 1 saturated heterocycles. The second kappa shape index (κ2) is 5.52. The highest BCUT2D eigenvalue weighted by Crippen LogP contribution is 2.30. The van der Waals surface area contributed by atoms with Gasteiger partial charge >= 0.3 is 0 Å². The minimum Gasteiger partial charge on any atom is -0.381 e. The molecular formula is C14H22N2O. The normalized spacial score (nSPS) is 23.9. The standard InChI is InChI=1S/C14H22N2O/c1-2-16(13-6-4-3-5-7-13)11-14(10-15)8-9-17-12-14/h3-7H,2,8-12,15H2,1H3. The van der Waals surface area contributed by atoms with Gasteiger partial charge < -0.3 is 15.4 Å². The van der Waals surface area contributed by atoms with E-state index in [1.165, 1.54) is 5.69 Å². The van der Waals surface area contributed by atoms with Gasteiger partial charge in [0.15, 0.2) is 0 Å². The van der Waals surface area contributed by atoms with Crippen molar-refractivity contribution in [3.8, 4) is 0 Å². The van der Waals surface area contributed by atoms with E-state index in [1.807, 2.05) is 0 Å². The number of hydrogen-bond donors (Lipinski definition) is 1. The van der Waals surface area contributed by atoms with E-state index in [2.05, 4.69) is 42.2 Å². The number of para-hydroxylation sites is 1. The molecule has 0 bridgehead atoms. The maximum Gasteiger partial charge on any atom is 0.0552 e. The molecule has 1 aliphatic rings. The van der Waals surface area contributed by atoms with Crippen LogP contribution in [0.25, 0.3) is 0 Å². The van der Waals surface area contributed by atoms with Gasteiger partial charge in [0, 0.05) is 37.3 Å². The topological polar surface area (TPSA) is 38.5 Å². The fraction of sp³-hybridized carbons (Fsp3) is 0.571. The number of ether oxygens (including phenoxy) is 1. The van der Waals surface area contributed by atoms with Crippen LogP contribution in [-0.2, 0) is 4.74 Å². The Labute approximate surface area is 104 Å². The smallest absolute Gasteiger partial charge is 0.0552 e. The first-order chi connectivity index (χ1) is 8.29. The van der Waals surface area contributed by atoms with E-state index >= 15 is 0 Å². The van der Waals surface area contributed by atoms with Crippen LogP contribution in [0.15, 0.2) is 30.3 Å². The summed E-state index contributed by atoms with van der Waals surface area (Å²) in [6, 6.07) is 10.5. The lowest BCUT2D eigenvalue weighted by atomic mass is 9.86. The molecule has 1 aromatic rings. The molecule has 0 saturated carbocycles. The van der Waals surface area contributed by atoms with Gasteiger partial charge in [0.1, 0.15) is 0 Å². The zero-order valence-corrected chi connectivity index (χ0v) is 10.6. The lowest BCUT2D eigenvalue weighted by molar-refractivity contribution is 0.157. The van der Waals surface area contributed by atoms with Gasteiger partial charge in [0.25, 0.3) is 0 Å². The Bertz CT molecular complexity index is 333. The molecule has 3 heteroatoms. The maximum atomic E-state index is 5.94. The summed E-state index contributed by atoms with van der Waals surface area (Å²) in [5, 5.41) is 0. The van der Waals surface area contributed by atoms with Crippen molar-refractivity contribution in [1.29, 1.82) is 0 Å². The lowest BCUT2D eigenvalue weighted by Crippen LogP contribution is -2.43. The molecule has 1 aliphatic heterocycles. The van der Waals surface area contributed by atoms with E-state index in [0.29, 0.717) is 6.54 Å². The molecule has 1 atom stereocenters. The summed E-state index contributed by atoms with van der Waals surface area (Å²) in [5.41, 5.74) is 7.36. The van der Waals surface area contributed by atoms with Crippen LogP contribution < -0.4 is 10.6 Å². The summed E-state index contributed by atoms with van der Waals surface area (Å²) in [7, 11) is 0. The number of hydrogen-bond acceptors (Lipinski definition) is 3. The second-order valence-corrected chi connectivity index (χ2v) is 4.86. The van der Waals surface area contributed by atoms with Crippen molar-refractivity contribution >= 4 is 5.69 Å². The number of nitrogens with zero attached hydrogens (tertiary/aromatic N) is 1. The average molecular weight is 234 g/mol. The van der Waals surface area contributed by atoms with E-state index in [1.54, 1.807) is 0 Å². The molecule has 94 valence electrons. The summed E-state index contributed by atoms with van der Waals surface area (Å²) in [4.78, 5) is 2.39. The zero-order valence-electron chi connectivity index (χ0n) is 10.6. The molecule has 0 aliphatic carbocycles. The Balaban J connectivity index is 2.09.